The second-order valence-corrected chi connectivity index (χ2v) is 12.2. The summed E-state index contributed by atoms with van der Waals surface area (Å²) in [5, 5.41) is 6.12. The first-order valence-electron chi connectivity index (χ1n) is 13.7. The molecule has 9 heteroatoms. The zero-order valence-corrected chi connectivity index (χ0v) is 24.1. The van der Waals surface area contributed by atoms with Crippen LogP contribution in [0.3, 0.4) is 0 Å². The van der Waals surface area contributed by atoms with Crippen LogP contribution in [-0.2, 0) is 4.79 Å². The smallest absolute Gasteiger partial charge is 0.315 e. The molecule has 0 bridgehead atoms. The maximum absolute atomic E-state index is 14.9. The Morgan fingerprint density at radius 3 is 2.31 bits per heavy atom. The summed E-state index contributed by atoms with van der Waals surface area (Å²) in [5.74, 6) is -1.70. The number of benzene rings is 2. The van der Waals surface area contributed by atoms with Crippen LogP contribution >= 0.6 is 11.6 Å². The van der Waals surface area contributed by atoms with Crippen LogP contribution in [0.1, 0.15) is 75.1 Å². The Morgan fingerprint density at radius 2 is 1.69 bits per heavy atom. The number of amides is 3. The highest BCUT2D eigenvalue weighted by atomic mass is 35.5. The first-order chi connectivity index (χ1) is 18.4. The Labute approximate surface area is 235 Å². The number of likely N-dealkylation sites (tertiary alicyclic amines) is 2. The average Bonchev–Trinajstić information content (AvgIpc) is 3.34. The predicted molar refractivity (Wildman–Crippen MR) is 150 cm³/mol. The number of carbonyl (C=O) groups is 2. The first-order valence-corrected chi connectivity index (χ1v) is 14.0. The van der Waals surface area contributed by atoms with Gasteiger partial charge in [-0.05, 0) is 81.3 Å². The number of hydrogen-bond donors (Lipinski definition) is 2. The molecule has 2 aromatic carbocycles. The predicted octanol–water partition coefficient (Wildman–Crippen LogP) is 5.83. The van der Waals surface area contributed by atoms with Gasteiger partial charge in [0.05, 0.1) is 12.0 Å². The number of nitrogens with one attached hydrogen (secondary N) is 2. The van der Waals surface area contributed by atoms with E-state index >= 15 is 0 Å². The Balaban J connectivity index is 1.51. The third kappa shape index (κ3) is 6.55. The van der Waals surface area contributed by atoms with Crippen molar-refractivity contribution in [2.45, 2.75) is 64.0 Å². The van der Waals surface area contributed by atoms with E-state index in [0.717, 1.165) is 30.0 Å². The lowest BCUT2D eigenvalue weighted by Crippen LogP contribution is -2.44. The Hall–Kier alpha value is -2.71. The number of urea groups is 1. The van der Waals surface area contributed by atoms with Crippen LogP contribution in [0, 0.1) is 17.6 Å². The van der Waals surface area contributed by atoms with Gasteiger partial charge in [-0.2, -0.15) is 0 Å². The fourth-order valence-corrected chi connectivity index (χ4v) is 6.18. The molecular formula is C30H39ClF2N4O2. The third-order valence-electron chi connectivity index (χ3n) is 8.28. The van der Waals surface area contributed by atoms with E-state index in [0.29, 0.717) is 36.8 Å². The lowest BCUT2D eigenvalue weighted by Gasteiger charge is -2.36. The summed E-state index contributed by atoms with van der Waals surface area (Å²) in [6.45, 7) is 10.5. The van der Waals surface area contributed by atoms with Crippen LogP contribution < -0.4 is 10.6 Å². The highest BCUT2D eigenvalue weighted by molar-refractivity contribution is 6.30. The van der Waals surface area contributed by atoms with Crippen LogP contribution in [0.5, 0.6) is 0 Å². The summed E-state index contributed by atoms with van der Waals surface area (Å²) in [6, 6.07) is 8.97. The van der Waals surface area contributed by atoms with E-state index in [-0.39, 0.29) is 35.4 Å². The summed E-state index contributed by atoms with van der Waals surface area (Å²) in [6.07, 6.45) is 1.55. The minimum Gasteiger partial charge on any atom is -0.342 e. The van der Waals surface area contributed by atoms with Gasteiger partial charge in [-0.25, -0.2) is 13.6 Å². The zero-order chi connectivity index (χ0) is 28.5. The largest absolute Gasteiger partial charge is 0.342 e. The van der Waals surface area contributed by atoms with E-state index in [4.69, 9.17) is 11.6 Å². The van der Waals surface area contributed by atoms with Crippen molar-refractivity contribution < 1.29 is 18.4 Å². The summed E-state index contributed by atoms with van der Waals surface area (Å²) < 4.78 is 28.5. The second-order valence-electron chi connectivity index (χ2n) is 11.8. The molecule has 0 aromatic heterocycles. The minimum atomic E-state index is -0.617. The van der Waals surface area contributed by atoms with Gasteiger partial charge < -0.3 is 15.5 Å². The van der Waals surface area contributed by atoms with E-state index in [9.17, 15) is 18.4 Å². The van der Waals surface area contributed by atoms with Crippen LogP contribution in [0.2, 0.25) is 5.02 Å². The summed E-state index contributed by atoms with van der Waals surface area (Å²) >= 11 is 6.30. The van der Waals surface area contributed by atoms with E-state index in [2.05, 4.69) is 36.3 Å². The van der Waals surface area contributed by atoms with E-state index in [1.54, 1.807) is 7.05 Å². The van der Waals surface area contributed by atoms with Crippen molar-refractivity contribution in [1.29, 1.82) is 0 Å². The van der Waals surface area contributed by atoms with Crippen molar-refractivity contribution in [3.05, 3.63) is 69.7 Å². The number of carbonyl (C=O) groups excluding carboxylic acids is 2. The molecule has 2 aliphatic rings. The molecule has 2 saturated heterocycles. The van der Waals surface area contributed by atoms with Gasteiger partial charge in [-0.15, -0.1) is 0 Å². The SMILES string of the molecule is CNC(=O)NC(C)c1cc(Cl)ccc1C1CCN(C(=O)[C@@H]2CN(C(C)(C)C)C[C@H]2c2ccc(F)cc2F)CC1. The Kier molecular flexibility index (Phi) is 8.86. The van der Waals surface area contributed by atoms with Gasteiger partial charge in [0.15, 0.2) is 0 Å². The lowest BCUT2D eigenvalue weighted by atomic mass is 9.83. The van der Waals surface area contributed by atoms with Gasteiger partial charge >= 0.3 is 6.03 Å². The van der Waals surface area contributed by atoms with Crippen molar-refractivity contribution in [2.24, 2.45) is 5.92 Å². The van der Waals surface area contributed by atoms with Crippen LogP contribution in [-0.4, -0.2) is 60.5 Å². The van der Waals surface area contributed by atoms with Gasteiger partial charge in [-0.1, -0.05) is 23.7 Å². The van der Waals surface area contributed by atoms with Gasteiger partial charge in [-0.3, -0.25) is 9.69 Å². The molecule has 3 atom stereocenters. The normalized spacial score (nSPS) is 21.6. The second kappa shape index (κ2) is 11.8. The van der Waals surface area contributed by atoms with E-state index in [1.165, 1.54) is 12.1 Å². The molecule has 0 saturated carbocycles. The van der Waals surface area contributed by atoms with Crippen LogP contribution in [0.25, 0.3) is 0 Å². The molecule has 212 valence electrons. The number of rotatable bonds is 5. The molecule has 0 spiro atoms. The summed E-state index contributed by atoms with van der Waals surface area (Å²) in [4.78, 5) is 29.9. The van der Waals surface area contributed by atoms with E-state index < -0.39 is 17.6 Å². The molecule has 2 aliphatic heterocycles. The monoisotopic (exact) mass is 560 g/mol. The highest BCUT2D eigenvalue weighted by Gasteiger charge is 2.44. The molecule has 0 radical (unpaired) electrons. The van der Waals surface area contributed by atoms with Gasteiger partial charge in [0.25, 0.3) is 0 Å². The molecule has 2 heterocycles. The minimum absolute atomic E-state index is 0.0277. The standard InChI is InChI=1S/C30H39ClF2N4O2/c1-18(35-29(39)34-5)24-14-20(31)6-8-22(24)19-10-12-36(13-11-19)28(38)26-17-37(30(2,3)4)16-25(26)23-9-7-21(32)15-27(23)33/h6-9,14-15,18-19,25-26H,10-13,16-17H2,1-5H3,(H2,34,35,39)/t18?,25-,26+/m0/s1. The third-order valence-corrected chi connectivity index (χ3v) is 8.52. The first kappa shape index (κ1) is 29.3. The maximum Gasteiger partial charge on any atom is 0.315 e. The number of piperidine rings is 1. The van der Waals surface area contributed by atoms with Crippen LogP contribution in [0.15, 0.2) is 36.4 Å². The van der Waals surface area contributed by atoms with Crippen molar-refractivity contribution in [3.63, 3.8) is 0 Å². The molecular weight excluding hydrogens is 522 g/mol. The fourth-order valence-electron chi connectivity index (χ4n) is 6.00. The summed E-state index contributed by atoms with van der Waals surface area (Å²) in [7, 11) is 1.58. The molecule has 6 nitrogen and oxygen atoms in total. The Bertz CT molecular complexity index is 1210. The lowest BCUT2D eigenvalue weighted by molar-refractivity contribution is -0.136. The molecule has 39 heavy (non-hydrogen) atoms. The van der Waals surface area contributed by atoms with Crippen molar-refractivity contribution in [2.75, 3.05) is 33.2 Å². The number of halogens is 3. The number of hydrogen-bond acceptors (Lipinski definition) is 3. The topological polar surface area (TPSA) is 64.7 Å². The molecule has 0 aliphatic carbocycles. The van der Waals surface area contributed by atoms with E-state index in [1.807, 2.05) is 30.0 Å². The molecule has 3 amide bonds. The van der Waals surface area contributed by atoms with Gasteiger partial charge in [0, 0.05) is 55.8 Å². The quantitative estimate of drug-likeness (QED) is 0.484. The highest BCUT2D eigenvalue weighted by Crippen LogP contribution is 2.40. The number of nitrogens with zero attached hydrogens (tertiary/aromatic N) is 2. The van der Waals surface area contributed by atoms with Crippen molar-refractivity contribution in [1.82, 2.24) is 20.4 Å². The molecule has 2 aromatic rings. The van der Waals surface area contributed by atoms with Crippen molar-refractivity contribution in [3.8, 4) is 0 Å². The molecule has 2 fully saturated rings. The zero-order valence-electron chi connectivity index (χ0n) is 23.4. The maximum atomic E-state index is 14.9. The van der Waals surface area contributed by atoms with Crippen molar-refractivity contribution >= 4 is 23.5 Å². The Morgan fingerprint density at radius 1 is 1.03 bits per heavy atom. The van der Waals surface area contributed by atoms with Gasteiger partial charge in [0.1, 0.15) is 11.6 Å². The average molecular weight is 561 g/mol. The van der Waals surface area contributed by atoms with Gasteiger partial charge in [0.2, 0.25) is 5.91 Å². The fraction of sp³-hybridized carbons (Fsp3) is 0.533. The molecule has 1 unspecified atom stereocenters. The molecule has 2 N–H and O–H groups in total. The molecule has 4 rings (SSSR count). The van der Waals surface area contributed by atoms with Crippen LogP contribution in [0.4, 0.5) is 13.6 Å². The summed E-state index contributed by atoms with van der Waals surface area (Å²) in [5.41, 5.74) is 2.32.